The van der Waals surface area contributed by atoms with Gasteiger partial charge in [-0.3, -0.25) is 9.59 Å². The number of ketones is 1. The van der Waals surface area contributed by atoms with Gasteiger partial charge in [0.05, 0.1) is 24.3 Å². The molecule has 2 N–H and O–H groups in total. The van der Waals surface area contributed by atoms with Gasteiger partial charge in [-0.1, -0.05) is 6.07 Å². The van der Waals surface area contributed by atoms with Gasteiger partial charge < -0.3 is 24.7 Å². The van der Waals surface area contributed by atoms with Gasteiger partial charge in [0.1, 0.15) is 17.3 Å². The van der Waals surface area contributed by atoms with E-state index in [1.807, 2.05) is 36.5 Å². The van der Waals surface area contributed by atoms with Crippen LogP contribution in [-0.4, -0.2) is 66.0 Å². The van der Waals surface area contributed by atoms with Crippen LogP contribution < -0.4 is 4.74 Å². The first kappa shape index (κ1) is 20.9. The number of carbonyl (C=O) groups is 2. The molecule has 1 saturated heterocycles. The summed E-state index contributed by atoms with van der Waals surface area (Å²) in [5.74, 6) is -1.60. The van der Waals surface area contributed by atoms with E-state index in [2.05, 4.69) is 0 Å². The number of Topliss-reactive ketones (excluding diaryl/α,β-unsaturated/α-hetero) is 1. The van der Waals surface area contributed by atoms with Gasteiger partial charge in [-0.15, -0.1) is 11.3 Å². The summed E-state index contributed by atoms with van der Waals surface area (Å²) in [4.78, 5) is 29.9. The molecule has 1 amide bonds. The highest BCUT2D eigenvalue weighted by atomic mass is 32.1. The number of aromatic hydroxyl groups is 1. The van der Waals surface area contributed by atoms with E-state index in [1.165, 1.54) is 35.5 Å². The van der Waals surface area contributed by atoms with E-state index in [9.17, 15) is 19.8 Å². The zero-order valence-electron chi connectivity index (χ0n) is 16.6. The van der Waals surface area contributed by atoms with Crippen molar-refractivity contribution >= 4 is 28.8 Å². The molecule has 0 spiro atoms. The number of methoxy groups -OCH3 is 1. The third kappa shape index (κ3) is 4.13. The van der Waals surface area contributed by atoms with Crippen LogP contribution in [0.1, 0.15) is 22.9 Å². The second-order valence-electron chi connectivity index (χ2n) is 7.05. The number of phenolic OH excluding ortho intramolecular Hbond substituents is 1. The molecule has 1 aliphatic rings. The number of thiophene rings is 1. The Bertz CT molecular complexity index is 937. The van der Waals surface area contributed by atoms with E-state index >= 15 is 0 Å². The molecule has 0 radical (unpaired) electrons. The van der Waals surface area contributed by atoms with Crippen molar-refractivity contribution in [3.63, 3.8) is 0 Å². The fraction of sp³-hybridized carbons (Fsp3) is 0.333. The molecule has 7 nitrogen and oxygen atoms in total. The van der Waals surface area contributed by atoms with Crippen molar-refractivity contribution < 1.29 is 24.5 Å². The SMILES string of the molecule is COc1ccc(C(O)=C2C(=O)C(=O)N(CCCN(C)C)C2c2cccs2)c(O)c1. The van der Waals surface area contributed by atoms with E-state index in [1.54, 1.807) is 6.07 Å². The number of hydrogen-bond acceptors (Lipinski definition) is 7. The topological polar surface area (TPSA) is 90.3 Å². The number of nitrogens with zero attached hydrogens (tertiary/aromatic N) is 2. The second kappa shape index (κ2) is 8.67. The lowest BCUT2D eigenvalue weighted by Crippen LogP contribution is -2.32. The van der Waals surface area contributed by atoms with E-state index in [4.69, 9.17) is 4.74 Å². The smallest absolute Gasteiger partial charge is 0.295 e. The van der Waals surface area contributed by atoms with Crippen molar-refractivity contribution in [2.24, 2.45) is 0 Å². The number of rotatable bonds is 7. The third-order valence-corrected chi connectivity index (χ3v) is 5.74. The van der Waals surface area contributed by atoms with Crippen LogP contribution in [0.3, 0.4) is 0 Å². The van der Waals surface area contributed by atoms with E-state index in [-0.39, 0.29) is 16.9 Å². The third-order valence-electron chi connectivity index (χ3n) is 4.82. The summed E-state index contributed by atoms with van der Waals surface area (Å²) in [6, 6.07) is 7.38. The zero-order valence-corrected chi connectivity index (χ0v) is 17.4. The Labute approximate surface area is 173 Å². The molecule has 8 heteroatoms. The molecule has 1 atom stereocenters. The van der Waals surface area contributed by atoms with Crippen molar-refractivity contribution in [3.05, 3.63) is 51.7 Å². The Hall–Kier alpha value is -2.84. The number of benzene rings is 1. The van der Waals surface area contributed by atoms with Crippen LogP contribution in [-0.2, 0) is 9.59 Å². The van der Waals surface area contributed by atoms with Crippen LogP contribution in [0.2, 0.25) is 0 Å². The Morgan fingerprint density at radius 3 is 2.62 bits per heavy atom. The maximum Gasteiger partial charge on any atom is 0.295 e. The van der Waals surface area contributed by atoms with Crippen LogP contribution in [0, 0.1) is 0 Å². The Kier molecular flexibility index (Phi) is 6.24. The number of aliphatic hydroxyl groups is 1. The van der Waals surface area contributed by atoms with Gasteiger partial charge in [0.2, 0.25) is 0 Å². The summed E-state index contributed by atoms with van der Waals surface area (Å²) >= 11 is 1.41. The predicted molar refractivity (Wildman–Crippen MR) is 111 cm³/mol. The number of ether oxygens (including phenoxy) is 1. The summed E-state index contributed by atoms with van der Waals surface area (Å²) in [6.45, 7) is 1.15. The monoisotopic (exact) mass is 416 g/mol. The van der Waals surface area contributed by atoms with Gasteiger partial charge in [-0.25, -0.2) is 0 Å². The lowest BCUT2D eigenvalue weighted by molar-refractivity contribution is -0.139. The highest BCUT2D eigenvalue weighted by molar-refractivity contribution is 7.10. The summed E-state index contributed by atoms with van der Waals surface area (Å²) < 4.78 is 5.06. The van der Waals surface area contributed by atoms with E-state index in [0.717, 1.165) is 11.4 Å². The number of amides is 1. The normalized spacial score (nSPS) is 18.6. The first-order valence-corrected chi connectivity index (χ1v) is 10.1. The lowest BCUT2D eigenvalue weighted by Gasteiger charge is -2.24. The lowest BCUT2D eigenvalue weighted by atomic mass is 9.99. The fourth-order valence-electron chi connectivity index (χ4n) is 3.39. The molecule has 2 aromatic rings. The van der Waals surface area contributed by atoms with Crippen LogP contribution in [0.5, 0.6) is 11.5 Å². The quantitative estimate of drug-likeness (QED) is 0.410. The van der Waals surface area contributed by atoms with Gasteiger partial charge in [-0.2, -0.15) is 0 Å². The summed E-state index contributed by atoms with van der Waals surface area (Å²) in [5.41, 5.74) is 0.0708. The molecule has 1 fully saturated rings. The molecular formula is C21H24N2O5S. The first-order chi connectivity index (χ1) is 13.8. The first-order valence-electron chi connectivity index (χ1n) is 9.19. The van der Waals surface area contributed by atoms with E-state index in [0.29, 0.717) is 18.7 Å². The molecule has 1 unspecified atom stereocenters. The maximum atomic E-state index is 12.8. The molecule has 0 aliphatic carbocycles. The maximum absolute atomic E-state index is 12.8. The molecule has 2 heterocycles. The van der Waals surface area contributed by atoms with Crippen LogP contribution >= 0.6 is 11.3 Å². The standard InChI is InChI=1S/C21H24N2O5S/c1-22(2)9-5-10-23-18(16-6-4-11-29-16)17(20(26)21(23)27)19(25)14-8-7-13(28-3)12-15(14)24/h4,6-8,11-12,18,24-25H,5,9-10H2,1-3H3. The minimum absolute atomic E-state index is 0.0113. The Morgan fingerprint density at radius 1 is 1.28 bits per heavy atom. The number of likely N-dealkylation sites (tertiary alicyclic amines) is 1. The molecular weight excluding hydrogens is 392 g/mol. The number of phenols is 1. The minimum Gasteiger partial charge on any atom is -0.507 e. The minimum atomic E-state index is -0.749. The average Bonchev–Trinajstić information content (AvgIpc) is 3.29. The van der Waals surface area contributed by atoms with Crippen LogP contribution in [0.25, 0.3) is 5.76 Å². The van der Waals surface area contributed by atoms with E-state index < -0.39 is 23.5 Å². The van der Waals surface area contributed by atoms with Gasteiger partial charge in [-0.05, 0) is 50.6 Å². The fourth-order valence-corrected chi connectivity index (χ4v) is 4.24. The molecule has 3 rings (SSSR count). The van der Waals surface area contributed by atoms with Gasteiger partial charge in [0.25, 0.3) is 11.7 Å². The molecule has 1 aliphatic heterocycles. The van der Waals surface area contributed by atoms with Gasteiger partial charge >= 0.3 is 0 Å². The largest absolute Gasteiger partial charge is 0.507 e. The molecule has 0 saturated carbocycles. The number of carbonyl (C=O) groups excluding carboxylic acids is 2. The van der Waals surface area contributed by atoms with Crippen molar-refractivity contribution in [3.8, 4) is 11.5 Å². The summed E-state index contributed by atoms with van der Waals surface area (Å²) in [6.07, 6.45) is 0.690. The molecule has 29 heavy (non-hydrogen) atoms. The predicted octanol–water partition coefficient (Wildman–Crippen LogP) is 2.84. The summed E-state index contributed by atoms with van der Waals surface area (Å²) in [5, 5.41) is 23.1. The molecule has 1 aromatic heterocycles. The van der Waals surface area contributed by atoms with Crippen molar-refractivity contribution in [1.29, 1.82) is 0 Å². The van der Waals surface area contributed by atoms with Crippen molar-refractivity contribution in [2.45, 2.75) is 12.5 Å². The molecule has 154 valence electrons. The Balaban J connectivity index is 2.06. The van der Waals surface area contributed by atoms with Gasteiger partial charge in [0.15, 0.2) is 0 Å². The summed E-state index contributed by atoms with van der Waals surface area (Å²) in [7, 11) is 5.35. The zero-order chi connectivity index (χ0) is 21.1. The highest BCUT2D eigenvalue weighted by Crippen LogP contribution is 2.42. The number of aliphatic hydroxyl groups excluding tert-OH is 1. The molecule has 1 aromatic carbocycles. The van der Waals surface area contributed by atoms with Crippen molar-refractivity contribution in [1.82, 2.24) is 9.80 Å². The van der Waals surface area contributed by atoms with Crippen molar-refractivity contribution in [2.75, 3.05) is 34.3 Å². The van der Waals surface area contributed by atoms with Gasteiger partial charge in [0, 0.05) is 17.5 Å². The van der Waals surface area contributed by atoms with Crippen LogP contribution in [0.15, 0.2) is 41.3 Å². The average molecular weight is 416 g/mol. The Morgan fingerprint density at radius 2 is 2.03 bits per heavy atom. The highest BCUT2D eigenvalue weighted by Gasteiger charge is 2.46. The number of hydrogen-bond donors (Lipinski definition) is 2. The molecule has 0 bridgehead atoms. The second-order valence-corrected chi connectivity index (χ2v) is 8.03. The van der Waals surface area contributed by atoms with Crippen LogP contribution in [0.4, 0.5) is 0 Å².